The average Bonchev–Trinajstić information content (AvgIpc) is 2.27. The van der Waals surface area contributed by atoms with Crippen LogP contribution in [0.2, 0.25) is 0 Å². The summed E-state index contributed by atoms with van der Waals surface area (Å²) < 4.78 is 35.4. The Bertz CT molecular complexity index is 346. The topological polar surface area (TPSA) is 35.5 Å². The number of hydrogen-bond acceptors (Lipinski definition) is 3. The van der Waals surface area contributed by atoms with E-state index in [1.165, 1.54) is 13.2 Å². The van der Waals surface area contributed by atoms with Gasteiger partial charge in [0, 0.05) is 6.42 Å². The summed E-state index contributed by atoms with van der Waals surface area (Å²) in [6, 6.07) is 3.48. The highest BCUT2D eigenvalue weighted by atomic mass is 19.1. The maximum Gasteiger partial charge on any atom is 0.305 e. The van der Waals surface area contributed by atoms with Crippen molar-refractivity contribution in [1.29, 1.82) is 0 Å². The quantitative estimate of drug-likeness (QED) is 0.575. The minimum atomic E-state index is -0.752. The molecule has 1 aromatic carbocycles. The molecule has 0 bridgehead atoms. The van der Waals surface area contributed by atoms with Gasteiger partial charge in [0.25, 0.3) is 0 Å². The van der Waals surface area contributed by atoms with Crippen LogP contribution in [-0.4, -0.2) is 19.7 Å². The Morgan fingerprint density at radius 2 is 1.94 bits per heavy atom. The number of esters is 1. The highest BCUT2D eigenvalue weighted by Gasteiger charge is 2.09. The number of ether oxygens (including phenoxy) is 2. The van der Waals surface area contributed by atoms with E-state index < -0.39 is 17.4 Å². The first kappa shape index (κ1) is 12.4. The molecule has 0 N–H and O–H groups in total. The summed E-state index contributed by atoms with van der Waals surface area (Å²) in [5, 5.41) is 0. The molecule has 88 valence electrons. The lowest BCUT2D eigenvalue weighted by Gasteiger charge is -2.07. The highest BCUT2D eigenvalue weighted by molar-refractivity contribution is 5.69. The number of carbonyl (C=O) groups is 1. The van der Waals surface area contributed by atoms with E-state index in [-0.39, 0.29) is 19.0 Å². The van der Waals surface area contributed by atoms with Gasteiger partial charge >= 0.3 is 5.97 Å². The second-order valence-corrected chi connectivity index (χ2v) is 3.08. The van der Waals surface area contributed by atoms with E-state index in [0.29, 0.717) is 6.42 Å². The van der Waals surface area contributed by atoms with Gasteiger partial charge in [-0.2, -0.15) is 0 Å². The predicted molar refractivity (Wildman–Crippen MR) is 53.1 cm³/mol. The van der Waals surface area contributed by atoms with E-state index in [1.807, 2.05) is 0 Å². The van der Waals surface area contributed by atoms with Crippen molar-refractivity contribution in [2.75, 3.05) is 13.7 Å². The first-order chi connectivity index (χ1) is 7.65. The SMILES string of the molecule is COC(=O)CCCOc1c(F)cccc1F. The summed E-state index contributed by atoms with van der Waals surface area (Å²) in [6.07, 6.45) is 0.507. The molecule has 0 aliphatic rings. The summed E-state index contributed by atoms with van der Waals surface area (Å²) >= 11 is 0. The van der Waals surface area contributed by atoms with Crippen LogP contribution in [-0.2, 0) is 9.53 Å². The van der Waals surface area contributed by atoms with Crippen molar-refractivity contribution in [3.05, 3.63) is 29.8 Å². The van der Waals surface area contributed by atoms with E-state index >= 15 is 0 Å². The van der Waals surface area contributed by atoms with Gasteiger partial charge in [0.1, 0.15) is 0 Å². The van der Waals surface area contributed by atoms with E-state index in [0.717, 1.165) is 12.1 Å². The van der Waals surface area contributed by atoms with Crippen molar-refractivity contribution in [3.8, 4) is 5.75 Å². The number of para-hydroxylation sites is 1. The van der Waals surface area contributed by atoms with Crippen LogP contribution >= 0.6 is 0 Å². The Balaban J connectivity index is 2.40. The monoisotopic (exact) mass is 230 g/mol. The van der Waals surface area contributed by atoms with Crippen LogP contribution in [0.25, 0.3) is 0 Å². The number of methoxy groups -OCH3 is 1. The van der Waals surface area contributed by atoms with Crippen LogP contribution in [0.4, 0.5) is 8.78 Å². The minimum absolute atomic E-state index is 0.0625. The fourth-order valence-corrected chi connectivity index (χ4v) is 1.11. The van der Waals surface area contributed by atoms with Crippen molar-refractivity contribution in [2.45, 2.75) is 12.8 Å². The Morgan fingerprint density at radius 3 is 2.50 bits per heavy atom. The lowest BCUT2D eigenvalue weighted by Crippen LogP contribution is -2.06. The number of benzene rings is 1. The smallest absolute Gasteiger partial charge is 0.305 e. The summed E-state index contributed by atoms with van der Waals surface area (Å²) in [5.74, 6) is -2.29. The van der Waals surface area contributed by atoms with Gasteiger partial charge in [0.05, 0.1) is 13.7 Å². The molecule has 0 atom stereocenters. The molecule has 0 unspecified atom stereocenters. The van der Waals surface area contributed by atoms with Gasteiger partial charge in [-0.1, -0.05) is 6.07 Å². The number of carbonyl (C=O) groups excluding carboxylic acids is 1. The van der Waals surface area contributed by atoms with Crippen LogP contribution in [0, 0.1) is 11.6 Å². The van der Waals surface area contributed by atoms with Gasteiger partial charge in [-0.25, -0.2) is 8.78 Å². The summed E-state index contributed by atoms with van der Waals surface area (Å²) in [4.78, 5) is 10.7. The van der Waals surface area contributed by atoms with Crippen molar-refractivity contribution in [3.63, 3.8) is 0 Å². The van der Waals surface area contributed by atoms with Crippen molar-refractivity contribution in [1.82, 2.24) is 0 Å². The predicted octanol–water partition coefficient (Wildman–Crippen LogP) is 2.30. The fourth-order valence-electron chi connectivity index (χ4n) is 1.11. The number of rotatable bonds is 5. The first-order valence-corrected chi connectivity index (χ1v) is 4.78. The third kappa shape index (κ3) is 3.49. The Hall–Kier alpha value is -1.65. The summed E-state index contributed by atoms with van der Waals surface area (Å²) in [6.45, 7) is 0.0625. The van der Waals surface area contributed by atoms with Crippen LogP contribution in [0.5, 0.6) is 5.75 Å². The zero-order chi connectivity index (χ0) is 12.0. The molecule has 0 radical (unpaired) electrons. The van der Waals surface area contributed by atoms with Crippen LogP contribution < -0.4 is 4.74 Å². The van der Waals surface area contributed by atoms with Crippen LogP contribution in [0.1, 0.15) is 12.8 Å². The van der Waals surface area contributed by atoms with E-state index in [2.05, 4.69) is 4.74 Å². The van der Waals surface area contributed by atoms with Gasteiger partial charge in [-0.05, 0) is 18.6 Å². The lowest BCUT2D eigenvalue weighted by molar-refractivity contribution is -0.140. The lowest BCUT2D eigenvalue weighted by atomic mass is 10.3. The Morgan fingerprint density at radius 1 is 1.31 bits per heavy atom. The average molecular weight is 230 g/mol. The molecular weight excluding hydrogens is 218 g/mol. The fraction of sp³-hybridized carbons (Fsp3) is 0.364. The second kappa shape index (κ2) is 6.05. The zero-order valence-corrected chi connectivity index (χ0v) is 8.83. The molecule has 1 aromatic rings. The van der Waals surface area contributed by atoms with Gasteiger partial charge in [0.2, 0.25) is 0 Å². The van der Waals surface area contributed by atoms with Gasteiger partial charge in [-0.3, -0.25) is 4.79 Å². The molecule has 0 fully saturated rings. The van der Waals surface area contributed by atoms with Crippen molar-refractivity contribution >= 4 is 5.97 Å². The van der Waals surface area contributed by atoms with E-state index in [4.69, 9.17) is 4.74 Å². The third-order valence-corrected chi connectivity index (χ3v) is 1.92. The van der Waals surface area contributed by atoms with Crippen molar-refractivity contribution < 1.29 is 23.0 Å². The molecule has 0 heterocycles. The standard InChI is InChI=1S/C11H12F2O3/c1-15-10(14)6-3-7-16-11-8(12)4-2-5-9(11)13/h2,4-5H,3,6-7H2,1H3. The van der Waals surface area contributed by atoms with Gasteiger partial charge in [0.15, 0.2) is 17.4 Å². The summed E-state index contributed by atoms with van der Waals surface area (Å²) in [5.41, 5.74) is 0. The molecule has 0 aliphatic heterocycles. The molecule has 0 spiro atoms. The molecular formula is C11H12F2O3. The Kier molecular flexibility index (Phi) is 4.69. The van der Waals surface area contributed by atoms with Gasteiger partial charge in [-0.15, -0.1) is 0 Å². The minimum Gasteiger partial charge on any atom is -0.488 e. The number of hydrogen-bond donors (Lipinski definition) is 0. The molecule has 1 rings (SSSR count). The first-order valence-electron chi connectivity index (χ1n) is 4.78. The molecule has 3 nitrogen and oxygen atoms in total. The Labute approximate surface area is 92.0 Å². The molecule has 0 saturated heterocycles. The molecule has 5 heteroatoms. The third-order valence-electron chi connectivity index (χ3n) is 1.92. The van der Waals surface area contributed by atoms with E-state index in [9.17, 15) is 13.6 Å². The van der Waals surface area contributed by atoms with Crippen molar-refractivity contribution in [2.24, 2.45) is 0 Å². The zero-order valence-electron chi connectivity index (χ0n) is 8.83. The van der Waals surface area contributed by atoms with E-state index in [1.54, 1.807) is 0 Å². The molecule has 0 amide bonds. The maximum atomic E-state index is 13.0. The molecule has 0 saturated carbocycles. The maximum absolute atomic E-state index is 13.0. The molecule has 0 aliphatic carbocycles. The second-order valence-electron chi connectivity index (χ2n) is 3.08. The molecule has 16 heavy (non-hydrogen) atoms. The van der Waals surface area contributed by atoms with Crippen LogP contribution in [0.3, 0.4) is 0 Å². The largest absolute Gasteiger partial charge is 0.488 e. The normalized spacial score (nSPS) is 9.94. The van der Waals surface area contributed by atoms with Gasteiger partial charge < -0.3 is 9.47 Å². The number of halogens is 2. The molecule has 0 aromatic heterocycles. The summed E-state index contributed by atoms with van der Waals surface area (Å²) in [7, 11) is 1.28. The highest BCUT2D eigenvalue weighted by Crippen LogP contribution is 2.20. The van der Waals surface area contributed by atoms with Crippen LogP contribution in [0.15, 0.2) is 18.2 Å².